The molecule has 0 spiro atoms. The second-order valence-corrected chi connectivity index (χ2v) is 8.84. The van der Waals surface area contributed by atoms with Gasteiger partial charge in [-0.05, 0) is 61.2 Å². The minimum Gasteiger partial charge on any atom is -0.384 e. The van der Waals surface area contributed by atoms with E-state index < -0.39 is 5.60 Å². The van der Waals surface area contributed by atoms with Gasteiger partial charge in [0, 0.05) is 47.2 Å². The number of fused-ring (bicyclic) bond motifs is 3. The molecule has 28 heavy (non-hydrogen) atoms. The Labute approximate surface area is 169 Å². The molecule has 146 valence electrons. The van der Waals surface area contributed by atoms with Gasteiger partial charge in [-0.25, -0.2) is 4.39 Å². The van der Waals surface area contributed by atoms with Crippen LogP contribution in [0.3, 0.4) is 0 Å². The lowest BCUT2D eigenvalue weighted by molar-refractivity contribution is 0.0383. The molecule has 1 aliphatic carbocycles. The highest BCUT2D eigenvalue weighted by Gasteiger charge is 2.34. The molecule has 0 bridgehead atoms. The highest BCUT2D eigenvalue weighted by Crippen LogP contribution is 2.38. The molecule has 5 heteroatoms. The third-order valence-electron chi connectivity index (χ3n) is 6.24. The van der Waals surface area contributed by atoms with Crippen molar-refractivity contribution in [3.63, 3.8) is 0 Å². The van der Waals surface area contributed by atoms with Gasteiger partial charge < -0.3 is 9.67 Å². The molecule has 1 N–H and O–H groups in total. The van der Waals surface area contributed by atoms with Gasteiger partial charge in [-0.2, -0.15) is 0 Å². The predicted molar refractivity (Wildman–Crippen MR) is 110 cm³/mol. The lowest BCUT2D eigenvalue weighted by Crippen LogP contribution is -2.34. The van der Waals surface area contributed by atoms with Gasteiger partial charge in [0.05, 0.1) is 6.54 Å². The summed E-state index contributed by atoms with van der Waals surface area (Å²) in [5, 5.41) is 13.2. The fourth-order valence-corrected chi connectivity index (χ4v) is 4.76. The van der Waals surface area contributed by atoms with Crippen molar-refractivity contribution in [2.75, 3.05) is 6.54 Å². The Kier molecular flexibility index (Phi) is 4.27. The maximum atomic E-state index is 13.3. The van der Waals surface area contributed by atoms with Gasteiger partial charge in [-0.15, -0.1) is 0 Å². The first-order valence-electron chi connectivity index (χ1n) is 9.94. The highest BCUT2D eigenvalue weighted by atomic mass is 35.5. The first-order chi connectivity index (χ1) is 13.4. The topological polar surface area (TPSA) is 28.4 Å². The smallest absolute Gasteiger partial charge is 0.123 e. The highest BCUT2D eigenvalue weighted by molar-refractivity contribution is 6.31. The van der Waals surface area contributed by atoms with E-state index in [1.807, 2.05) is 6.07 Å². The zero-order chi connectivity index (χ0) is 19.5. The lowest BCUT2D eigenvalue weighted by atomic mass is 9.95. The maximum absolute atomic E-state index is 13.3. The van der Waals surface area contributed by atoms with Crippen LogP contribution in [0, 0.1) is 5.82 Å². The first-order valence-corrected chi connectivity index (χ1v) is 10.3. The quantitative estimate of drug-likeness (QED) is 0.679. The fraction of sp³-hybridized carbons (Fsp3) is 0.391. The number of hydrogen-bond donors (Lipinski definition) is 1. The van der Waals surface area contributed by atoms with Crippen molar-refractivity contribution in [3.8, 4) is 0 Å². The Bertz CT molecular complexity index is 1040. The lowest BCUT2D eigenvalue weighted by Gasteiger charge is -2.30. The van der Waals surface area contributed by atoms with Crippen LogP contribution < -0.4 is 0 Å². The number of hydrogen-bond acceptors (Lipinski definition) is 2. The van der Waals surface area contributed by atoms with Crippen molar-refractivity contribution in [2.24, 2.45) is 0 Å². The van der Waals surface area contributed by atoms with Gasteiger partial charge in [0.25, 0.3) is 0 Å². The van der Waals surface area contributed by atoms with Crippen LogP contribution >= 0.6 is 11.6 Å². The zero-order valence-electron chi connectivity index (χ0n) is 16.0. The van der Waals surface area contributed by atoms with Crippen LogP contribution in [-0.4, -0.2) is 27.2 Å². The summed E-state index contributed by atoms with van der Waals surface area (Å²) in [4.78, 5) is 2.57. The van der Waals surface area contributed by atoms with Crippen LogP contribution in [0.25, 0.3) is 10.9 Å². The molecule has 2 aromatic carbocycles. The molecular formula is C23H24ClFN2O. The van der Waals surface area contributed by atoms with Gasteiger partial charge in [-0.1, -0.05) is 23.7 Å². The number of aliphatic hydroxyl groups is 1. The average molecular weight is 399 g/mol. The molecule has 5 rings (SSSR count). The van der Waals surface area contributed by atoms with Gasteiger partial charge in [-0.3, -0.25) is 4.90 Å². The van der Waals surface area contributed by atoms with E-state index in [0.717, 1.165) is 36.1 Å². The Morgan fingerprint density at radius 2 is 1.93 bits per heavy atom. The van der Waals surface area contributed by atoms with Gasteiger partial charge in [0.2, 0.25) is 0 Å². The number of rotatable bonds is 4. The number of aromatic nitrogens is 1. The van der Waals surface area contributed by atoms with E-state index in [4.69, 9.17) is 11.6 Å². The molecule has 2 aliphatic rings. The third-order valence-corrected chi connectivity index (χ3v) is 6.48. The van der Waals surface area contributed by atoms with Crippen molar-refractivity contribution in [3.05, 3.63) is 70.1 Å². The standard InChI is InChI=1S/C23H24ClFN2O/c1-23(28,15-2-5-17(25)6-3-15)14-27-21-9-4-16(24)12-19(21)20-13-26(18-7-8-18)11-10-22(20)27/h2-6,9,12,18,28H,7-8,10-11,13-14H2,1H3. The van der Waals surface area contributed by atoms with Crippen LogP contribution in [-0.2, 0) is 25.1 Å². The minimum absolute atomic E-state index is 0.293. The normalized spacial score (nSPS) is 19.6. The number of nitrogens with zero attached hydrogens (tertiary/aromatic N) is 2. The van der Waals surface area contributed by atoms with Crippen LogP contribution in [0.2, 0.25) is 5.02 Å². The van der Waals surface area contributed by atoms with E-state index in [1.165, 1.54) is 41.6 Å². The van der Waals surface area contributed by atoms with Crippen molar-refractivity contribution in [1.82, 2.24) is 9.47 Å². The Hall–Kier alpha value is -1.88. The summed E-state index contributed by atoms with van der Waals surface area (Å²) in [6.07, 6.45) is 3.57. The van der Waals surface area contributed by atoms with Crippen molar-refractivity contribution in [2.45, 2.75) is 50.9 Å². The predicted octanol–water partition coefficient (Wildman–Crippen LogP) is 4.86. The number of benzene rings is 2. The Morgan fingerprint density at radius 3 is 2.64 bits per heavy atom. The molecule has 1 unspecified atom stereocenters. The average Bonchev–Trinajstić information content (AvgIpc) is 3.48. The van der Waals surface area contributed by atoms with Crippen LogP contribution in [0.5, 0.6) is 0 Å². The van der Waals surface area contributed by atoms with E-state index in [-0.39, 0.29) is 5.82 Å². The van der Waals surface area contributed by atoms with Crippen molar-refractivity contribution >= 4 is 22.5 Å². The SMILES string of the molecule is CC(O)(Cn1c2c(c3cc(Cl)ccc31)CN(C1CC1)CC2)c1ccc(F)cc1. The summed E-state index contributed by atoms with van der Waals surface area (Å²) in [7, 11) is 0. The molecule has 1 saturated carbocycles. The van der Waals surface area contributed by atoms with Crippen molar-refractivity contribution < 1.29 is 9.50 Å². The Balaban J connectivity index is 1.58. The van der Waals surface area contributed by atoms with E-state index in [0.29, 0.717) is 12.1 Å². The molecule has 3 nitrogen and oxygen atoms in total. The zero-order valence-corrected chi connectivity index (χ0v) is 16.7. The second kappa shape index (κ2) is 6.58. The first kappa shape index (κ1) is 18.2. The molecule has 0 radical (unpaired) electrons. The van der Waals surface area contributed by atoms with Crippen LogP contribution in [0.1, 0.15) is 36.6 Å². The summed E-state index contributed by atoms with van der Waals surface area (Å²) in [6, 6.07) is 12.9. The molecule has 0 amide bonds. The molecule has 3 aromatic rings. The number of halogens is 2. The molecule has 1 fully saturated rings. The summed E-state index contributed by atoms with van der Waals surface area (Å²) < 4.78 is 15.6. The van der Waals surface area contributed by atoms with E-state index >= 15 is 0 Å². The summed E-state index contributed by atoms with van der Waals surface area (Å²) >= 11 is 6.32. The van der Waals surface area contributed by atoms with E-state index in [1.54, 1.807) is 19.1 Å². The van der Waals surface area contributed by atoms with Gasteiger partial charge >= 0.3 is 0 Å². The largest absolute Gasteiger partial charge is 0.384 e. The van der Waals surface area contributed by atoms with Crippen LogP contribution in [0.4, 0.5) is 4.39 Å². The maximum Gasteiger partial charge on any atom is 0.123 e. The molecule has 1 aromatic heterocycles. The van der Waals surface area contributed by atoms with E-state index in [9.17, 15) is 9.50 Å². The minimum atomic E-state index is -1.10. The monoisotopic (exact) mass is 398 g/mol. The fourth-order valence-electron chi connectivity index (χ4n) is 4.58. The second-order valence-electron chi connectivity index (χ2n) is 8.41. The van der Waals surface area contributed by atoms with Crippen LogP contribution in [0.15, 0.2) is 42.5 Å². The molecule has 0 saturated heterocycles. The third kappa shape index (κ3) is 3.14. The molecule has 2 heterocycles. The van der Waals surface area contributed by atoms with Gasteiger partial charge in [0.1, 0.15) is 11.4 Å². The summed E-state index contributed by atoms with van der Waals surface area (Å²) in [5.74, 6) is -0.293. The van der Waals surface area contributed by atoms with Gasteiger partial charge in [0.15, 0.2) is 0 Å². The molecule has 1 aliphatic heterocycles. The summed E-state index contributed by atoms with van der Waals surface area (Å²) in [5.41, 5.74) is 3.35. The van der Waals surface area contributed by atoms with Crippen molar-refractivity contribution in [1.29, 1.82) is 0 Å². The van der Waals surface area contributed by atoms with E-state index in [2.05, 4.69) is 21.6 Å². The molecule has 1 atom stereocenters. The Morgan fingerprint density at radius 1 is 1.18 bits per heavy atom. The summed E-state index contributed by atoms with van der Waals surface area (Å²) in [6.45, 7) is 4.23. The molecular weight excluding hydrogens is 375 g/mol.